The summed E-state index contributed by atoms with van der Waals surface area (Å²) < 4.78 is 34.8. The van der Waals surface area contributed by atoms with E-state index in [0.29, 0.717) is 43.4 Å². The number of piperidine rings is 1. The molecule has 2 fully saturated rings. The summed E-state index contributed by atoms with van der Waals surface area (Å²) >= 11 is 0. The number of hydrogen-bond acceptors (Lipinski definition) is 10. The van der Waals surface area contributed by atoms with Crippen LogP contribution in [0.4, 0.5) is 33.6 Å². The molecule has 12 nitrogen and oxygen atoms in total. The number of aromatic nitrogens is 2. The summed E-state index contributed by atoms with van der Waals surface area (Å²) in [5, 5.41) is 6.52. The predicted molar refractivity (Wildman–Crippen MR) is 177 cm³/mol. The number of piperazine rings is 1. The second-order valence-corrected chi connectivity index (χ2v) is 14.4. The van der Waals surface area contributed by atoms with Crippen molar-refractivity contribution in [3.05, 3.63) is 60.3 Å². The van der Waals surface area contributed by atoms with Crippen molar-refractivity contribution in [2.75, 3.05) is 61.8 Å². The van der Waals surface area contributed by atoms with Crippen LogP contribution in [0.25, 0.3) is 0 Å². The second kappa shape index (κ2) is 13.6. The number of aryl methyl sites for hydroxylation is 1. The first-order valence-corrected chi connectivity index (χ1v) is 16.8. The molecule has 0 unspecified atom stereocenters. The van der Waals surface area contributed by atoms with Gasteiger partial charge in [0.15, 0.2) is 0 Å². The topological polar surface area (TPSA) is 132 Å². The molecule has 0 aliphatic carbocycles. The monoisotopic (exact) mass is 636 g/mol. The van der Waals surface area contributed by atoms with Gasteiger partial charge in [-0.05, 0) is 90.0 Å². The van der Waals surface area contributed by atoms with Gasteiger partial charge in [0, 0.05) is 74.1 Å². The van der Waals surface area contributed by atoms with Crippen molar-refractivity contribution in [1.29, 1.82) is 0 Å². The van der Waals surface area contributed by atoms with E-state index in [2.05, 4.69) is 54.3 Å². The maximum absolute atomic E-state index is 13.3. The minimum atomic E-state index is -3.79. The zero-order chi connectivity index (χ0) is 32.2. The fraction of sp³-hybridized carbons (Fsp3) is 0.469. The van der Waals surface area contributed by atoms with E-state index in [1.165, 1.54) is 5.69 Å². The van der Waals surface area contributed by atoms with Gasteiger partial charge in [-0.15, -0.1) is 0 Å². The standard InChI is InChI=1S/C32H44N8O4S/c1-23-22-33-30(35-24-9-11-27(12-10-24)39-19-17-38(5)18-20-39)36-29(23)34-26-7-6-8-28(21-26)45(42,43)37-25-13-15-40(16-14-25)31(41)44-32(2,3)4/h6-12,21-22,25,37H,13-20H2,1-5H3,(H2,33,34,35,36). The summed E-state index contributed by atoms with van der Waals surface area (Å²) in [5.41, 5.74) is 2.89. The van der Waals surface area contributed by atoms with Crippen LogP contribution in [0, 0.1) is 6.92 Å². The van der Waals surface area contributed by atoms with Gasteiger partial charge in [-0.2, -0.15) is 4.98 Å². The molecule has 1 aromatic heterocycles. The number of sulfonamides is 1. The third kappa shape index (κ3) is 8.83. The van der Waals surface area contributed by atoms with Gasteiger partial charge in [-0.1, -0.05) is 6.07 Å². The molecule has 0 atom stereocenters. The quantitative estimate of drug-likeness (QED) is 0.320. The summed E-state index contributed by atoms with van der Waals surface area (Å²) in [4.78, 5) is 27.9. The Morgan fingerprint density at radius 1 is 0.933 bits per heavy atom. The Hall–Kier alpha value is -3.94. The highest BCUT2D eigenvalue weighted by Gasteiger charge is 2.29. The summed E-state index contributed by atoms with van der Waals surface area (Å²) in [6.07, 6.45) is 2.36. The highest BCUT2D eigenvalue weighted by Crippen LogP contribution is 2.25. The fourth-order valence-electron chi connectivity index (χ4n) is 5.25. The van der Waals surface area contributed by atoms with Gasteiger partial charge >= 0.3 is 6.09 Å². The molecule has 242 valence electrons. The summed E-state index contributed by atoms with van der Waals surface area (Å²) in [6, 6.07) is 14.6. The van der Waals surface area contributed by atoms with Crippen molar-refractivity contribution in [3.8, 4) is 0 Å². The van der Waals surface area contributed by atoms with Crippen molar-refractivity contribution >= 4 is 44.9 Å². The van der Waals surface area contributed by atoms with E-state index in [4.69, 9.17) is 4.74 Å². The molecule has 13 heteroatoms. The van der Waals surface area contributed by atoms with Crippen LogP contribution < -0.4 is 20.3 Å². The summed E-state index contributed by atoms with van der Waals surface area (Å²) in [5.74, 6) is 0.997. The lowest BCUT2D eigenvalue weighted by Gasteiger charge is -2.34. The van der Waals surface area contributed by atoms with Gasteiger partial charge < -0.3 is 30.1 Å². The van der Waals surface area contributed by atoms with Gasteiger partial charge in [0.05, 0.1) is 4.90 Å². The van der Waals surface area contributed by atoms with E-state index in [9.17, 15) is 13.2 Å². The largest absolute Gasteiger partial charge is 0.444 e. The molecular formula is C32H44N8O4S. The molecule has 2 saturated heterocycles. The molecule has 2 aliphatic heterocycles. The van der Waals surface area contributed by atoms with Gasteiger partial charge in [0.25, 0.3) is 0 Å². The Kier molecular flexibility index (Phi) is 9.80. The van der Waals surface area contributed by atoms with Crippen molar-refractivity contribution in [3.63, 3.8) is 0 Å². The first-order chi connectivity index (χ1) is 21.3. The van der Waals surface area contributed by atoms with Crippen LogP contribution in [0.3, 0.4) is 0 Å². The van der Waals surface area contributed by atoms with Crippen LogP contribution in [0.1, 0.15) is 39.2 Å². The number of carbonyl (C=O) groups is 1. The van der Waals surface area contributed by atoms with Gasteiger partial charge in [-0.3, -0.25) is 0 Å². The molecule has 5 rings (SSSR count). The Labute approximate surface area is 266 Å². The predicted octanol–water partition coefficient (Wildman–Crippen LogP) is 4.70. The highest BCUT2D eigenvalue weighted by atomic mass is 32.2. The smallest absolute Gasteiger partial charge is 0.410 e. The summed E-state index contributed by atoms with van der Waals surface area (Å²) in [7, 11) is -1.64. The number of nitrogens with one attached hydrogen (secondary N) is 3. The molecule has 0 radical (unpaired) electrons. The molecule has 1 amide bonds. The molecular weight excluding hydrogens is 592 g/mol. The molecule has 0 bridgehead atoms. The SMILES string of the molecule is Cc1cnc(Nc2ccc(N3CCN(C)CC3)cc2)nc1Nc1cccc(S(=O)(=O)NC2CCN(C(=O)OC(C)(C)C)CC2)c1. The average Bonchev–Trinajstić information content (AvgIpc) is 2.99. The maximum Gasteiger partial charge on any atom is 0.410 e. The molecule has 3 heterocycles. The van der Waals surface area contributed by atoms with E-state index in [1.807, 2.05) is 39.8 Å². The number of likely N-dealkylation sites (N-methyl/N-ethyl adjacent to an activating group) is 1. The average molecular weight is 637 g/mol. The first kappa shape index (κ1) is 32.5. The van der Waals surface area contributed by atoms with Gasteiger partial charge in [0.1, 0.15) is 11.4 Å². The number of benzene rings is 2. The minimum Gasteiger partial charge on any atom is -0.444 e. The molecule has 0 saturated carbocycles. The van der Waals surface area contributed by atoms with Gasteiger partial charge in [-0.25, -0.2) is 22.9 Å². The number of carbonyl (C=O) groups excluding carboxylic acids is 1. The lowest BCUT2D eigenvalue weighted by Crippen LogP contribution is -2.47. The number of ether oxygens (including phenoxy) is 1. The van der Waals surface area contributed by atoms with Crippen LogP contribution in [0.15, 0.2) is 59.6 Å². The Morgan fingerprint density at radius 3 is 2.29 bits per heavy atom. The van der Waals surface area contributed by atoms with E-state index in [1.54, 1.807) is 35.4 Å². The Morgan fingerprint density at radius 2 is 1.62 bits per heavy atom. The normalized spacial score (nSPS) is 16.8. The zero-order valence-electron chi connectivity index (χ0n) is 26.7. The molecule has 3 aromatic rings. The molecule has 2 aliphatic rings. The van der Waals surface area contributed by atoms with E-state index in [-0.39, 0.29) is 17.0 Å². The Balaban J connectivity index is 1.19. The lowest BCUT2D eigenvalue weighted by molar-refractivity contribution is 0.0203. The third-order valence-corrected chi connectivity index (χ3v) is 9.36. The lowest BCUT2D eigenvalue weighted by atomic mass is 10.1. The molecule has 0 spiro atoms. The van der Waals surface area contributed by atoms with Crippen LogP contribution in [0.5, 0.6) is 0 Å². The van der Waals surface area contributed by atoms with Crippen molar-refractivity contribution < 1.29 is 17.9 Å². The molecule has 45 heavy (non-hydrogen) atoms. The third-order valence-electron chi connectivity index (χ3n) is 7.84. The first-order valence-electron chi connectivity index (χ1n) is 15.4. The van der Waals surface area contributed by atoms with Crippen LogP contribution in [-0.4, -0.2) is 92.2 Å². The van der Waals surface area contributed by atoms with Crippen molar-refractivity contribution in [2.24, 2.45) is 0 Å². The van der Waals surface area contributed by atoms with Crippen LogP contribution in [0.2, 0.25) is 0 Å². The second-order valence-electron chi connectivity index (χ2n) is 12.7. The number of rotatable bonds is 8. The number of likely N-dealkylation sites (tertiary alicyclic amines) is 1. The fourth-order valence-corrected chi connectivity index (χ4v) is 6.60. The molecule has 2 aromatic carbocycles. The Bertz CT molecular complexity index is 1580. The number of hydrogen-bond donors (Lipinski definition) is 3. The maximum atomic E-state index is 13.3. The van der Waals surface area contributed by atoms with E-state index >= 15 is 0 Å². The van der Waals surface area contributed by atoms with E-state index in [0.717, 1.165) is 37.4 Å². The number of anilines is 5. The summed E-state index contributed by atoms with van der Waals surface area (Å²) in [6.45, 7) is 12.3. The van der Waals surface area contributed by atoms with Crippen LogP contribution >= 0.6 is 0 Å². The zero-order valence-corrected chi connectivity index (χ0v) is 27.5. The van der Waals surface area contributed by atoms with E-state index < -0.39 is 15.6 Å². The van der Waals surface area contributed by atoms with Crippen molar-refractivity contribution in [2.45, 2.75) is 57.1 Å². The minimum absolute atomic E-state index is 0.146. The van der Waals surface area contributed by atoms with Gasteiger partial charge in [0.2, 0.25) is 16.0 Å². The number of amides is 1. The van der Waals surface area contributed by atoms with Crippen LogP contribution in [-0.2, 0) is 14.8 Å². The molecule has 3 N–H and O–H groups in total. The number of nitrogens with zero attached hydrogens (tertiary/aromatic N) is 5. The highest BCUT2D eigenvalue weighted by molar-refractivity contribution is 7.89. The van der Waals surface area contributed by atoms with Crippen molar-refractivity contribution in [1.82, 2.24) is 24.5 Å².